The van der Waals surface area contributed by atoms with E-state index >= 15 is 0 Å². The van der Waals surface area contributed by atoms with Gasteiger partial charge in [-0.1, -0.05) is 6.92 Å². The van der Waals surface area contributed by atoms with Crippen LogP contribution in [0, 0.1) is 10.1 Å². The Hall–Kier alpha value is -2.11. The van der Waals surface area contributed by atoms with Crippen molar-refractivity contribution in [2.45, 2.75) is 39.0 Å². The molecule has 1 fully saturated rings. The zero-order valence-electron chi connectivity index (χ0n) is 12.3. The number of nitrogens with zero attached hydrogens (tertiary/aromatic N) is 2. The number of carbonyl (C=O) groups is 1. The molecule has 0 saturated carbocycles. The number of nitrogens with one attached hydrogen (secondary N) is 1. The first-order valence-corrected chi connectivity index (χ1v) is 7.45. The Kier molecular flexibility index (Phi) is 5.14. The van der Waals surface area contributed by atoms with Crippen molar-refractivity contribution in [3.05, 3.63) is 28.3 Å². The van der Waals surface area contributed by atoms with Gasteiger partial charge >= 0.3 is 0 Å². The number of amides is 1. The van der Waals surface area contributed by atoms with E-state index in [9.17, 15) is 14.9 Å². The van der Waals surface area contributed by atoms with Crippen molar-refractivity contribution in [1.82, 2.24) is 0 Å². The first kappa shape index (κ1) is 15.3. The van der Waals surface area contributed by atoms with E-state index in [0.29, 0.717) is 12.1 Å². The summed E-state index contributed by atoms with van der Waals surface area (Å²) in [6.07, 6.45) is 4.60. The summed E-state index contributed by atoms with van der Waals surface area (Å²) < 4.78 is 0. The molecule has 1 aromatic carbocycles. The van der Waals surface area contributed by atoms with E-state index in [-0.39, 0.29) is 11.6 Å². The van der Waals surface area contributed by atoms with Gasteiger partial charge in [0.1, 0.15) is 0 Å². The maximum atomic E-state index is 11.8. The van der Waals surface area contributed by atoms with Gasteiger partial charge in [-0.2, -0.15) is 0 Å². The SMILES string of the molecule is CCCC(=O)Nc1cc([N+](=O)[O-])ccc1N1CCCCC1. The normalized spacial score (nSPS) is 14.8. The number of anilines is 2. The summed E-state index contributed by atoms with van der Waals surface area (Å²) >= 11 is 0. The molecule has 1 amide bonds. The first-order chi connectivity index (χ1) is 10.1. The van der Waals surface area contributed by atoms with Crippen molar-refractivity contribution >= 4 is 23.0 Å². The van der Waals surface area contributed by atoms with E-state index in [1.807, 2.05) is 6.92 Å². The number of piperidine rings is 1. The summed E-state index contributed by atoms with van der Waals surface area (Å²) in [6, 6.07) is 4.70. The van der Waals surface area contributed by atoms with E-state index in [4.69, 9.17) is 0 Å². The molecule has 1 N–H and O–H groups in total. The van der Waals surface area contributed by atoms with Crippen molar-refractivity contribution in [2.75, 3.05) is 23.3 Å². The number of non-ortho nitro benzene ring substituents is 1. The molecule has 1 heterocycles. The number of rotatable bonds is 5. The highest BCUT2D eigenvalue weighted by molar-refractivity contribution is 5.95. The van der Waals surface area contributed by atoms with Crippen molar-refractivity contribution in [2.24, 2.45) is 0 Å². The van der Waals surface area contributed by atoms with Crippen molar-refractivity contribution < 1.29 is 9.72 Å². The highest BCUT2D eigenvalue weighted by Crippen LogP contribution is 2.32. The molecule has 2 rings (SSSR count). The zero-order chi connectivity index (χ0) is 15.2. The third kappa shape index (κ3) is 3.93. The molecule has 1 aliphatic heterocycles. The van der Waals surface area contributed by atoms with Crippen molar-refractivity contribution in [3.63, 3.8) is 0 Å². The van der Waals surface area contributed by atoms with Crippen LogP contribution in [0.4, 0.5) is 17.1 Å². The molecule has 1 aliphatic rings. The van der Waals surface area contributed by atoms with Crippen LogP contribution in [0.5, 0.6) is 0 Å². The van der Waals surface area contributed by atoms with Gasteiger partial charge in [-0.3, -0.25) is 14.9 Å². The van der Waals surface area contributed by atoms with Gasteiger partial charge in [-0.15, -0.1) is 0 Å². The van der Waals surface area contributed by atoms with Gasteiger partial charge in [0.25, 0.3) is 5.69 Å². The molecule has 0 atom stereocenters. The first-order valence-electron chi connectivity index (χ1n) is 7.45. The second-order valence-corrected chi connectivity index (χ2v) is 5.30. The Morgan fingerprint density at radius 3 is 2.67 bits per heavy atom. The van der Waals surface area contributed by atoms with Crippen molar-refractivity contribution in [1.29, 1.82) is 0 Å². The third-order valence-corrected chi connectivity index (χ3v) is 3.64. The van der Waals surface area contributed by atoms with Crippen LogP contribution < -0.4 is 10.2 Å². The topological polar surface area (TPSA) is 75.5 Å². The van der Waals surface area contributed by atoms with Gasteiger partial charge in [0.2, 0.25) is 5.91 Å². The number of hydrogen-bond acceptors (Lipinski definition) is 4. The van der Waals surface area contributed by atoms with Crippen LogP contribution in [-0.2, 0) is 4.79 Å². The van der Waals surface area contributed by atoms with Gasteiger partial charge in [0.15, 0.2) is 0 Å². The molecule has 0 unspecified atom stereocenters. The molecule has 21 heavy (non-hydrogen) atoms. The molecule has 0 aromatic heterocycles. The zero-order valence-corrected chi connectivity index (χ0v) is 12.3. The van der Waals surface area contributed by atoms with Gasteiger partial charge in [-0.05, 0) is 31.7 Å². The third-order valence-electron chi connectivity index (χ3n) is 3.64. The number of hydrogen-bond donors (Lipinski definition) is 1. The van der Waals surface area contributed by atoms with E-state index in [1.165, 1.54) is 18.6 Å². The molecule has 1 aromatic rings. The quantitative estimate of drug-likeness (QED) is 0.667. The van der Waals surface area contributed by atoms with E-state index in [1.54, 1.807) is 6.07 Å². The van der Waals surface area contributed by atoms with Gasteiger partial charge < -0.3 is 10.2 Å². The average molecular weight is 291 g/mol. The molecule has 0 bridgehead atoms. The lowest BCUT2D eigenvalue weighted by molar-refractivity contribution is -0.384. The minimum Gasteiger partial charge on any atom is -0.370 e. The Labute approximate surface area is 124 Å². The van der Waals surface area contributed by atoms with Gasteiger partial charge in [0.05, 0.1) is 16.3 Å². The highest BCUT2D eigenvalue weighted by atomic mass is 16.6. The number of nitro groups is 1. The summed E-state index contributed by atoms with van der Waals surface area (Å²) in [4.78, 5) is 24.5. The lowest BCUT2D eigenvalue weighted by Gasteiger charge is -2.30. The van der Waals surface area contributed by atoms with Crippen molar-refractivity contribution in [3.8, 4) is 0 Å². The fraction of sp³-hybridized carbons (Fsp3) is 0.533. The lowest BCUT2D eigenvalue weighted by atomic mass is 10.1. The average Bonchev–Trinajstić information content (AvgIpc) is 2.48. The highest BCUT2D eigenvalue weighted by Gasteiger charge is 2.18. The second-order valence-electron chi connectivity index (χ2n) is 5.30. The number of benzene rings is 1. The molecule has 6 heteroatoms. The van der Waals surface area contributed by atoms with E-state index in [2.05, 4.69) is 10.2 Å². The lowest BCUT2D eigenvalue weighted by Crippen LogP contribution is -2.30. The maximum Gasteiger partial charge on any atom is 0.271 e. The van der Waals surface area contributed by atoms with Gasteiger partial charge in [0, 0.05) is 31.6 Å². The van der Waals surface area contributed by atoms with Crippen LogP contribution in [0.2, 0.25) is 0 Å². The summed E-state index contributed by atoms with van der Waals surface area (Å²) in [7, 11) is 0. The second kappa shape index (κ2) is 7.06. The van der Waals surface area contributed by atoms with Crippen LogP contribution in [0.25, 0.3) is 0 Å². The van der Waals surface area contributed by atoms with Gasteiger partial charge in [-0.25, -0.2) is 0 Å². The van der Waals surface area contributed by atoms with Crippen LogP contribution in [-0.4, -0.2) is 23.9 Å². The Morgan fingerprint density at radius 1 is 1.33 bits per heavy atom. The molecule has 6 nitrogen and oxygen atoms in total. The van der Waals surface area contributed by atoms with Crippen LogP contribution in [0.3, 0.4) is 0 Å². The minimum atomic E-state index is -0.435. The minimum absolute atomic E-state index is 0.00237. The molecule has 1 saturated heterocycles. The predicted molar refractivity (Wildman–Crippen MR) is 82.7 cm³/mol. The standard InChI is InChI=1S/C15H21N3O3/c1-2-6-15(19)16-13-11-12(18(20)21)7-8-14(13)17-9-4-3-5-10-17/h7-8,11H,2-6,9-10H2,1H3,(H,16,19). The Balaban J connectivity index is 2.28. The maximum absolute atomic E-state index is 11.8. The smallest absolute Gasteiger partial charge is 0.271 e. The summed E-state index contributed by atoms with van der Waals surface area (Å²) in [5, 5.41) is 13.8. The van der Waals surface area contributed by atoms with Crippen LogP contribution in [0.1, 0.15) is 39.0 Å². The molecular weight excluding hydrogens is 270 g/mol. The summed E-state index contributed by atoms with van der Waals surface area (Å²) in [6.45, 7) is 3.78. The molecular formula is C15H21N3O3. The monoisotopic (exact) mass is 291 g/mol. The Morgan fingerprint density at radius 2 is 2.05 bits per heavy atom. The molecule has 0 aliphatic carbocycles. The summed E-state index contributed by atoms with van der Waals surface area (Å²) in [5.41, 5.74) is 1.43. The summed E-state index contributed by atoms with van der Waals surface area (Å²) in [5.74, 6) is -0.101. The fourth-order valence-electron chi connectivity index (χ4n) is 2.59. The fourth-order valence-corrected chi connectivity index (χ4v) is 2.59. The Bertz CT molecular complexity index is 525. The van der Waals surface area contributed by atoms with Crippen LogP contribution in [0.15, 0.2) is 18.2 Å². The predicted octanol–water partition coefficient (Wildman–Crippen LogP) is 3.32. The van der Waals surface area contributed by atoms with Crippen LogP contribution >= 0.6 is 0 Å². The molecule has 0 spiro atoms. The number of nitro benzene ring substituents is 1. The van der Waals surface area contributed by atoms with E-state index < -0.39 is 4.92 Å². The molecule has 0 radical (unpaired) electrons. The number of carbonyl (C=O) groups excluding carboxylic acids is 1. The largest absolute Gasteiger partial charge is 0.370 e. The molecule has 114 valence electrons. The van der Waals surface area contributed by atoms with E-state index in [0.717, 1.165) is 38.0 Å².